The lowest BCUT2D eigenvalue weighted by Crippen LogP contribution is -2.38. The van der Waals surface area contributed by atoms with Gasteiger partial charge in [0.25, 0.3) is 5.91 Å². The van der Waals surface area contributed by atoms with E-state index in [0.717, 1.165) is 0 Å². The van der Waals surface area contributed by atoms with Crippen molar-refractivity contribution in [2.24, 2.45) is 0 Å². The van der Waals surface area contributed by atoms with Crippen LogP contribution in [0, 0.1) is 6.92 Å². The highest BCUT2D eigenvalue weighted by Gasteiger charge is 2.47. The Morgan fingerprint density at radius 3 is 2.81 bits per heavy atom. The van der Waals surface area contributed by atoms with Crippen molar-refractivity contribution in [1.82, 2.24) is 19.5 Å². The monoisotopic (exact) mass is 292 g/mol. The van der Waals surface area contributed by atoms with Gasteiger partial charge in [0.2, 0.25) is 5.67 Å². The van der Waals surface area contributed by atoms with Crippen LogP contribution in [0.5, 0.6) is 0 Å². The van der Waals surface area contributed by atoms with Crippen molar-refractivity contribution >= 4 is 17.5 Å². The second kappa shape index (κ2) is 4.51. The van der Waals surface area contributed by atoms with Crippen molar-refractivity contribution in [1.29, 1.82) is 0 Å². The van der Waals surface area contributed by atoms with Crippen molar-refractivity contribution in [2.45, 2.75) is 19.0 Å². The molecule has 1 fully saturated rings. The Morgan fingerprint density at radius 1 is 1.38 bits per heavy atom. The number of fused-ring (bicyclic) bond motifs is 1. The number of aryl methyl sites for hydroxylation is 1. The molecule has 0 bridgehead atoms. The van der Waals surface area contributed by atoms with Crippen molar-refractivity contribution in [3.63, 3.8) is 0 Å². The van der Waals surface area contributed by atoms with Gasteiger partial charge in [0.1, 0.15) is 5.82 Å². The van der Waals surface area contributed by atoms with Crippen LogP contribution in [0.25, 0.3) is 5.65 Å². The van der Waals surface area contributed by atoms with Crippen LogP contribution in [0.4, 0.5) is 4.39 Å². The maximum atomic E-state index is 14.0. The third-order valence-electron chi connectivity index (χ3n) is 3.71. The Morgan fingerprint density at radius 2 is 2.14 bits per heavy atom. The van der Waals surface area contributed by atoms with E-state index in [2.05, 4.69) is 10.2 Å². The molecular formula is C13H13FN4O3. The summed E-state index contributed by atoms with van der Waals surface area (Å²) in [4.78, 5) is 24.4. The molecule has 110 valence electrons. The van der Waals surface area contributed by atoms with Crippen LogP contribution in [-0.2, 0) is 4.79 Å². The lowest BCUT2D eigenvalue weighted by atomic mass is 10.1. The van der Waals surface area contributed by atoms with E-state index in [0.29, 0.717) is 17.0 Å². The Balaban J connectivity index is 1.87. The summed E-state index contributed by atoms with van der Waals surface area (Å²) in [5.74, 6) is -1.29. The molecule has 3 rings (SSSR count). The van der Waals surface area contributed by atoms with E-state index in [1.54, 1.807) is 29.7 Å². The summed E-state index contributed by atoms with van der Waals surface area (Å²) >= 11 is 0. The second-order valence-electron chi connectivity index (χ2n) is 5.14. The minimum absolute atomic E-state index is 0.0842. The molecule has 2 aromatic rings. The third kappa shape index (κ3) is 2.12. The predicted octanol–water partition coefficient (Wildman–Crippen LogP) is 0.677. The summed E-state index contributed by atoms with van der Waals surface area (Å²) in [6.07, 6.45) is 1.38. The fourth-order valence-corrected chi connectivity index (χ4v) is 2.44. The number of aromatic nitrogens is 3. The summed E-state index contributed by atoms with van der Waals surface area (Å²) < 4.78 is 15.7. The van der Waals surface area contributed by atoms with E-state index in [4.69, 9.17) is 5.11 Å². The van der Waals surface area contributed by atoms with Crippen LogP contribution in [-0.4, -0.2) is 55.2 Å². The highest BCUT2D eigenvalue weighted by atomic mass is 19.1. The quantitative estimate of drug-likeness (QED) is 0.879. The molecule has 8 heteroatoms. The number of aliphatic carboxylic acids is 1. The van der Waals surface area contributed by atoms with Gasteiger partial charge < -0.3 is 10.0 Å². The van der Waals surface area contributed by atoms with Gasteiger partial charge in [-0.25, -0.2) is 9.18 Å². The molecule has 1 amide bonds. The van der Waals surface area contributed by atoms with E-state index >= 15 is 0 Å². The zero-order valence-electron chi connectivity index (χ0n) is 11.3. The first-order chi connectivity index (χ1) is 9.90. The van der Waals surface area contributed by atoms with Gasteiger partial charge in [-0.15, -0.1) is 10.2 Å². The van der Waals surface area contributed by atoms with E-state index in [9.17, 15) is 14.0 Å². The van der Waals surface area contributed by atoms with Gasteiger partial charge in [-0.05, 0) is 19.1 Å². The highest BCUT2D eigenvalue weighted by molar-refractivity contribution is 5.95. The van der Waals surface area contributed by atoms with Crippen molar-refractivity contribution in [2.75, 3.05) is 13.1 Å². The summed E-state index contributed by atoms with van der Waals surface area (Å²) in [7, 11) is 0. The zero-order valence-corrected chi connectivity index (χ0v) is 11.3. The molecule has 1 saturated heterocycles. The molecule has 1 N–H and O–H groups in total. The summed E-state index contributed by atoms with van der Waals surface area (Å²) in [5, 5.41) is 16.7. The number of carbonyl (C=O) groups is 2. The second-order valence-corrected chi connectivity index (χ2v) is 5.14. The highest BCUT2D eigenvalue weighted by Crippen LogP contribution is 2.27. The van der Waals surface area contributed by atoms with Crippen LogP contribution in [0.3, 0.4) is 0 Å². The van der Waals surface area contributed by atoms with E-state index < -0.39 is 24.1 Å². The Kier molecular flexibility index (Phi) is 2.89. The topological polar surface area (TPSA) is 87.8 Å². The normalized spacial score (nSPS) is 21.9. The third-order valence-corrected chi connectivity index (χ3v) is 3.71. The number of pyridine rings is 1. The number of alkyl halides is 1. The van der Waals surface area contributed by atoms with E-state index in [-0.39, 0.29) is 13.0 Å². The molecule has 1 unspecified atom stereocenters. The molecule has 1 atom stereocenters. The molecule has 7 nitrogen and oxygen atoms in total. The van der Waals surface area contributed by atoms with Gasteiger partial charge in [-0.2, -0.15) is 0 Å². The number of carboxylic acids is 1. The number of hydrogen-bond donors (Lipinski definition) is 1. The van der Waals surface area contributed by atoms with Gasteiger partial charge >= 0.3 is 5.97 Å². The van der Waals surface area contributed by atoms with Gasteiger partial charge in [-0.3, -0.25) is 9.20 Å². The number of carbonyl (C=O) groups excluding carboxylic acids is 1. The van der Waals surface area contributed by atoms with Crippen molar-refractivity contribution in [3.05, 3.63) is 29.7 Å². The smallest absolute Gasteiger partial charge is 0.343 e. The standard InChI is InChI=1S/C13H13FN4O3/c1-8-15-16-10-3-2-9(6-18(8)10)11(19)17-5-4-13(14,7-17)12(20)21/h2-3,6H,4-5,7H2,1H3,(H,20,21). The van der Waals surface area contributed by atoms with Crippen molar-refractivity contribution in [3.8, 4) is 0 Å². The molecule has 0 aromatic carbocycles. The first-order valence-electron chi connectivity index (χ1n) is 6.44. The maximum Gasteiger partial charge on any atom is 0.343 e. The first kappa shape index (κ1) is 13.5. The molecule has 0 spiro atoms. The van der Waals surface area contributed by atoms with Crippen LogP contribution in [0.2, 0.25) is 0 Å². The lowest BCUT2D eigenvalue weighted by Gasteiger charge is -2.17. The fourth-order valence-electron chi connectivity index (χ4n) is 2.44. The number of amides is 1. The molecule has 0 radical (unpaired) electrons. The number of likely N-dealkylation sites (tertiary alicyclic amines) is 1. The molecule has 0 aliphatic carbocycles. The van der Waals surface area contributed by atoms with Crippen molar-refractivity contribution < 1.29 is 19.1 Å². The average molecular weight is 292 g/mol. The van der Waals surface area contributed by atoms with Crippen LogP contribution in [0.15, 0.2) is 18.3 Å². The Labute approximate surface area is 119 Å². The van der Waals surface area contributed by atoms with Gasteiger partial charge in [0.15, 0.2) is 5.65 Å². The molecule has 0 saturated carbocycles. The maximum absolute atomic E-state index is 14.0. The Bertz CT molecular complexity index is 744. The summed E-state index contributed by atoms with van der Waals surface area (Å²) in [6.45, 7) is 1.41. The summed E-state index contributed by atoms with van der Waals surface area (Å²) in [6, 6.07) is 3.22. The minimum Gasteiger partial charge on any atom is -0.479 e. The van der Waals surface area contributed by atoms with Crippen LogP contribution < -0.4 is 0 Å². The number of rotatable bonds is 2. The number of hydrogen-bond acceptors (Lipinski definition) is 4. The molecular weight excluding hydrogens is 279 g/mol. The number of nitrogens with zero attached hydrogens (tertiary/aromatic N) is 4. The zero-order chi connectivity index (χ0) is 15.2. The molecule has 1 aliphatic rings. The van der Waals surface area contributed by atoms with E-state index in [1.807, 2.05) is 0 Å². The largest absolute Gasteiger partial charge is 0.479 e. The first-order valence-corrected chi connectivity index (χ1v) is 6.44. The predicted molar refractivity (Wildman–Crippen MR) is 69.7 cm³/mol. The van der Waals surface area contributed by atoms with Gasteiger partial charge in [0.05, 0.1) is 12.1 Å². The lowest BCUT2D eigenvalue weighted by molar-refractivity contribution is -0.149. The molecule has 21 heavy (non-hydrogen) atoms. The molecule has 1 aliphatic heterocycles. The molecule has 2 aromatic heterocycles. The average Bonchev–Trinajstić information content (AvgIpc) is 3.03. The van der Waals surface area contributed by atoms with Crippen LogP contribution in [0.1, 0.15) is 22.6 Å². The van der Waals surface area contributed by atoms with E-state index in [1.165, 1.54) is 4.90 Å². The summed E-state index contributed by atoms with van der Waals surface area (Å²) in [5.41, 5.74) is -1.40. The number of halogens is 1. The fraction of sp³-hybridized carbons (Fsp3) is 0.385. The Hall–Kier alpha value is -2.51. The minimum atomic E-state index is -2.35. The van der Waals surface area contributed by atoms with Gasteiger partial charge in [0, 0.05) is 19.2 Å². The number of carboxylic acid groups (broad SMARTS) is 1. The van der Waals surface area contributed by atoms with Crippen LogP contribution >= 0.6 is 0 Å². The SMILES string of the molecule is Cc1nnc2ccc(C(=O)N3CCC(F)(C(=O)O)C3)cn12. The van der Waals surface area contributed by atoms with Gasteiger partial charge in [-0.1, -0.05) is 0 Å². The molecule has 3 heterocycles.